The van der Waals surface area contributed by atoms with Crippen LogP contribution in [0.25, 0.3) is 21.8 Å². The maximum absolute atomic E-state index is 13.2. The van der Waals surface area contributed by atoms with E-state index < -0.39 is 10.0 Å². The smallest absolute Gasteiger partial charge is 0.245 e. The summed E-state index contributed by atoms with van der Waals surface area (Å²) in [5, 5.41) is 2.99. The standard InChI is InChI=1S/C20H18ClN5O2S/c21-19-15-5-2-1-4-14(15)12-18(24-19)25-8-10-26(11-9-25)29(27,28)17-13-23-20-16(17)6-3-7-22-20/h1-7,12-13H,8-11H2,(H,22,23). The van der Waals surface area contributed by atoms with Crippen molar-refractivity contribution in [3.05, 3.63) is 60.0 Å². The molecule has 148 valence electrons. The normalized spacial score (nSPS) is 16.0. The van der Waals surface area contributed by atoms with E-state index in [1.54, 1.807) is 18.3 Å². The molecule has 0 aliphatic carbocycles. The zero-order chi connectivity index (χ0) is 20.0. The third kappa shape index (κ3) is 3.13. The third-order valence-electron chi connectivity index (χ3n) is 5.27. The highest BCUT2D eigenvalue weighted by atomic mass is 35.5. The number of benzene rings is 1. The van der Waals surface area contributed by atoms with Gasteiger partial charge in [-0.1, -0.05) is 35.9 Å². The minimum atomic E-state index is -3.60. The number of fused-ring (bicyclic) bond motifs is 2. The molecule has 1 N–H and O–H groups in total. The highest BCUT2D eigenvalue weighted by Crippen LogP contribution is 2.29. The van der Waals surface area contributed by atoms with Gasteiger partial charge in [-0.25, -0.2) is 18.4 Å². The molecule has 1 saturated heterocycles. The number of aromatic nitrogens is 3. The molecular weight excluding hydrogens is 410 g/mol. The van der Waals surface area contributed by atoms with Crippen molar-refractivity contribution in [2.75, 3.05) is 31.1 Å². The lowest BCUT2D eigenvalue weighted by Gasteiger charge is -2.34. The summed E-state index contributed by atoms with van der Waals surface area (Å²) in [6.07, 6.45) is 3.15. The van der Waals surface area contributed by atoms with Crippen molar-refractivity contribution in [3.63, 3.8) is 0 Å². The first-order chi connectivity index (χ1) is 14.0. The maximum Gasteiger partial charge on any atom is 0.245 e. The second kappa shape index (κ2) is 6.98. The van der Waals surface area contributed by atoms with Crippen molar-refractivity contribution in [3.8, 4) is 0 Å². The Balaban J connectivity index is 1.39. The topological polar surface area (TPSA) is 82.2 Å². The Morgan fingerprint density at radius 1 is 1.00 bits per heavy atom. The van der Waals surface area contributed by atoms with Crippen LogP contribution >= 0.6 is 11.6 Å². The molecule has 0 spiro atoms. The number of halogens is 1. The zero-order valence-electron chi connectivity index (χ0n) is 15.4. The van der Waals surface area contributed by atoms with Crippen LogP contribution in [0.5, 0.6) is 0 Å². The monoisotopic (exact) mass is 427 g/mol. The van der Waals surface area contributed by atoms with Gasteiger partial charge in [-0.05, 0) is 23.6 Å². The first kappa shape index (κ1) is 18.4. The highest BCUT2D eigenvalue weighted by Gasteiger charge is 2.31. The van der Waals surface area contributed by atoms with Gasteiger partial charge >= 0.3 is 0 Å². The molecule has 1 aliphatic rings. The lowest BCUT2D eigenvalue weighted by molar-refractivity contribution is 0.384. The van der Waals surface area contributed by atoms with Gasteiger partial charge in [0.1, 0.15) is 21.5 Å². The van der Waals surface area contributed by atoms with Crippen molar-refractivity contribution < 1.29 is 8.42 Å². The molecule has 4 heterocycles. The number of anilines is 1. The first-order valence-electron chi connectivity index (χ1n) is 9.26. The molecule has 29 heavy (non-hydrogen) atoms. The fraction of sp³-hybridized carbons (Fsp3) is 0.200. The maximum atomic E-state index is 13.2. The molecule has 0 atom stereocenters. The Hall–Kier alpha value is -2.68. The van der Waals surface area contributed by atoms with Gasteiger partial charge in [-0.15, -0.1) is 0 Å². The predicted molar refractivity (Wildman–Crippen MR) is 114 cm³/mol. The summed E-state index contributed by atoms with van der Waals surface area (Å²) in [5.41, 5.74) is 0.569. The molecule has 3 aromatic heterocycles. The summed E-state index contributed by atoms with van der Waals surface area (Å²) >= 11 is 6.35. The molecule has 0 bridgehead atoms. The Labute approximate surface area is 173 Å². The van der Waals surface area contributed by atoms with Crippen LogP contribution < -0.4 is 4.90 Å². The van der Waals surface area contributed by atoms with Gasteiger partial charge in [-0.3, -0.25) is 0 Å². The Morgan fingerprint density at radius 2 is 1.76 bits per heavy atom. The molecule has 7 nitrogen and oxygen atoms in total. The first-order valence-corrected chi connectivity index (χ1v) is 11.1. The van der Waals surface area contributed by atoms with Gasteiger partial charge in [-0.2, -0.15) is 4.31 Å². The van der Waals surface area contributed by atoms with E-state index in [0.717, 1.165) is 16.6 Å². The predicted octanol–water partition coefficient (Wildman–Crippen LogP) is 3.28. The van der Waals surface area contributed by atoms with Crippen LogP contribution in [-0.4, -0.2) is 53.9 Å². The number of sulfonamides is 1. The highest BCUT2D eigenvalue weighted by molar-refractivity contribution is 7.89. The molecule has 1 aliphatic heterocycles. The molecule has 0 unspecified atom stereocenters. The Kier molecular flexibility index (Phi) is 4.42. The second-order valence-electron chi connectivity index (χ2n) is 6.94. The molecule has 1 aromatic carbocycles. The number of hydrogen-bond donors (Lipinski definition) is 1. The fourth-order valence-corrected chi connectivity index (χ4v) is 5.58. The van der Waals surface area contributed by atoms with Crippen LogP contribution in [0, 0.1) is 0 Å². The molecule has 1 fully saturated rings. The quantitative estimate of drug-likeness (QED) is 0.507. The van der Waals surface area contributed by atoms with Crippen LogP contribution in [0.1, 0.15) is 0 Å². The van der Waals surface area contributed by atoms with E-state index in [4.69, 9.17) is 11.6 Å². The van der Waals surface area contributed by atoms with Crippen LogP contribution in [0.15, 0.2) is 59.8 Å². The molecule has 0 saturated carbocycles. The van der Waals surface area contributed by atoms with Crippen molar-refractivity contribution in [1.82, 2.24) is 19.3 Å². The number of H-pyrrole nitrogens is 1. The van der Waals surface area contributed by atoms with E-state index in [0.29, 0.717) is 42.4 Å². The van der Waals surface area contributed by atoms with E-state index >= 15 is 0 Å². The number of nitrogens with zero attached hydrogens (tertiary/aromatic N) is 4. The number of hydrogen-bond acceptors (Lipinski definition) is 5. The second-order valence-corrected chi connectivity index (χ2v) is 9.20. The Morgan fingerprint density at radius 3 is 2.59 bits per heavy atom. The van der Waals surface area contributed by atoms with Gasteiger partial charge in [0, 0.05) is 49.3 Å². The van der Waals surface area contributed by atoms with Gasteiger partial charge in [0.05, 0.1) is 0 Å². The molecule has 9 heteroatoms. The summed E-state index contributed by atoms with van der Waals surface area (Å²) < 4.78 is 27.8. The van der Waals surface area contributed by atoms with Crippen LogP contribution in [0.4, 0.5) is 5.82 Å². The third-order valence-corrected chi connectivity index (χ3v) is 7.50. The number of rotatable bonds is 3. The van der Waals surface area contributed by atoms with Crippen molar-refractivity contribution in [2.45, 2.75) is 4.90 Å². The van der Waals surface area contributed by atoms with E-state index in [1.807, 2.05) is 30.3 Å². The lowest BCUT2D eigenvalue weighted by Crippen LogP contribution is -2.48. The van der Waals surface area contributed by atoms with Gasteiger partial charge in [0.25, 0.3) is 0 Å². The van der Waals surface area contributed by atoms with Gasteiger partial charge in [0.15, 0.2) is 0 Å². The number of piperazine rings is 1. The van der Waals surface area contributed by atoms with E-state index in [2.05, 4.69) is 19.9 Å². The van der Waals surface area contributed by atoms with E-state index in [1.165, 1.54) is 10.5 Å². The van der Waals surface area contributed by atoms with Crippen molar-refractivity contribution >= 4 is 49.2 Å². The van der Waals surface area contributed by atoms with Crippen LogP contribution in [0.2, 0.25) is 5.15 Å². The lowest BCUT2D eigenvalue weighted by atomic mass is 10.2. The summed E-state index contributed by atoms with van der Waals surface area (Å²) in [7, 11) is -3.60. The van der Waals surface area contributed by atoms with Crippen molar-refractivity contribution in [1.29, 1.82) is 0 Å². The molecule has 0 amide bonds. The van der Waals surface area contributed by atoms with Gasteiger partial charge < -0.3 is 9.88 Å². The van der Waals surface area contributed by atoms with Crippen molar-refractivity contribution in [2.24, 2.45) is 0 Å². The molecule has 0 radical (unpaired) electrons. The SMILES string of the molecule is O=S(=O)(c1c[nH]c2ncccc12)N1CCN(c2cc3ccccc3c(Cl)n2)CC1. The summed E-state index contributed by atoms with van der Waals surface area (Å²) in [5.74, 6) is 0.766. The number of aromatic amines is 1. The van der Waals surface area contributed by atoms with Crippen LogP contribution in [-0.2, 0) is 10.0 Å². The summed E-state index contributed by atoms with van der Waals surface area (Å²) in [6, 6.07) is 13.3. The van der Waals surface area contributed by atoms with E-state index in [-0.39, 0.29) is 4.90 Å². The summed E-state index contributed by atoms with van der Waals surface area (Å²) in [6.45, 7) is 1.84. The number of pyridine rings is 2. The average molecular weight is 428 g/mol. The zero-order valence-corrected chi connectivity index (χ0v) is 17.0. The minimum absolute atomic E-state index is 0.265. The van der Waals surface area contributed by atoms with Gasteiger partial charge in [0.2, 0.25) is 10.0 Å². The number of nitrogens with one attached hydrogen (secondary N) is 1. The minimum Gasteiger partial charge on any atom is -0.354 e. The summed E-state index contributed by atoms with van der Waals surface area (Å²) in [4.78, 5) is 14.0. The molecule has 5 rings (SSSR count). The molecule has 4 aromatic rings. The van der Waals surface area contributed by atoms with E-state index in [9.17, 15) is 8.42 Å². The largest absolute Gasteiger partial charge is 0.354 e. The molecular formula is C20H18ClN5O2S. The average Bonchev–Trinajstić information content (AvgIpc) is 3.19. The Bertz CT molecular complexity index is 1310. The fourth-order valence-electron chi connectivity index (χ4n) is 3.75. The van der Waals surface area contributed by atoms with Crippen LogP contribution in [0.3, 0.4) is 0 Å².